The second-order valence-electron chi connectivity index (χ2n) is 9.96. The van der Waals surface area contributed by atoms with Gasteiger partial charge >= 0.3 is 12.0 Å². The van der Waals surface area contributed by atoms with Crippen molar-refractivity contribution in [2.24, 2.45) is 11.5 Å². The number of ether oxygens (including phenoxy) is 3. The molecule has 6 rings (SSSR count). The number of carbonyl (C=O) groups is 1. The number of nitrogens with one attached hydrogen (secondary N) is 2. The first-order valence-corrected chi connectivity index (χ1v) is 13.8. The van der Waals surface area contributed by atoms with Gasteiger partial charge in [0.15, 0.2) is 11.2 Å². The van der Waals surface area contributed by atoms with E-state index in [9.17, 15) is 4.79 Å². The highest BCUT2D eigenvalue weighted by Gasteiger charge is 2.20. The summed E-state index contributed by atoms with van der Waals surface area (Å²) in [6.45, 7) is 2.36. The Hall–Kier alpha value is -6.43. The number of carbonyl (C=O) groups excluding carboxylic acids is 1. The molecule has 0 spiro atoms. The molecular weight excluding hydrogens is 572 g/mol. The van der Waals surface area contributed by atoms with Gasteiger partial charge in [-0.05, 0) is 48.9 Å². The van der Waals surface area contributed by atoms with Crippen LogP contribution in [0.2, 0.25) is 0 Å². The van der Waals surface area contributed by atoms with E-state index < -0.39 is 6.03 Å². The first kappa shape index (κ1) is 28.7. The van der Waals surface area contributed by atoms with Crippen LogP contribution in [0.25, 0.3) is 11.2 Å². The van der Waals surface area contributed by atoms with Crippen molar-refractivity contribution in [2.75, 3.05) is 5.32 Å². The van der Waals surface area contributed by atoms with Crippen LogP contribution in [0.5, 0.6) is 34.9 Å². The minimum atomic E-state index is -0.704. The van der Waals surface area contributed by atoms with Gasteiger partial charge in [-0.15, -0.1) is 0 Å². The molecule has 2 heterocycles. The predicted octanol–water partition coefficient (Wildman–Crippen LogP) is 6.33. The maximum atomic E-state index is 11.4. The first-order valence-electron chi connectivity index (χ1n) is 13.8. The summed E-state index contributed by atoms with van der Waals surface area (Å²) in [5, 5.41) is 10.6. The molecule has 6 aromatic rings. The number of amidine groups is 1. The number of nitrogen functional groups attached to an aromatic ring is 1. The monoisotopic (exact) mass is 600 g/mol. The number of hydrogen-bond donors (Lipinski definition) is 4. The summed E-state index contributed by atoms with van der Waals surface area (Å²) in [5.41, 5.74) is 13.9. The summed E-state index contributed by atoms with van der Waals surface area (Å²) in [6, 6.07) is 30.0. The summed E-state index contributed by atoms with van der Waals surface area (Å²) in [7, 11) is 0. The zero-order valence-electron chi connectivity index (χ0n) is 24.1. The maximum Gasteiger partial charge on any atom is 0.327 e. The van der Waals surface area contributed by atoms with Crippen LogP contribution in [-0.4, -0.2) is 31.4 Å². The Labute approximate surface area is 257 Å². The van der Waals surface area contributed by atoms with Crippen molar-refractivity contribution in [1.82, 2.24) is 19.5 Å². The predicted molar refractivity (Wildman–Crippen MR) is 169 cm³/mol. The van der Waals surface area contributed by atoms with Crippen molar-refractivity contribution in [1.29, 1.82) is 5.41 Å². The standard InChI is InChI=1S/C33H28N8O4/c1-20-37-28-30(41(20)19-21-9-4-2-5-10-21)39-33(45-25-14-8-11-23(17-25)38-32(36)42)40-31(28)44-27-16-22(29(34)35)15-26(18-27)43-24-12-6-3-7-13-24/h2-18H,19H2,1H3,(H3,34,35)(H3,36,38,42). The zero-order valence-corrected chi connectivity index (χ0v) is 24.1. The fourth-order valence-electron chi connectivity index (χ4n) is 4.60. The van der Waals surface area contributed by atoms with E-state index in [4.69, 9.17) is 41.1 Å². The average molecular weight is 601 g/mol. The van der Waals surface area contributed by atoms with E-state index in [1.165, 1.54) is 0 Å². The van der Waals surface area contributed by atoms with Crippen molar-refractivity contribution in [3.8, 4) is 34.9 Å². The van der Waals surface area contributed by atoms with E-state index in [2.05, 4.69) is 10.3 Å². The highest BCUT2D eigenvalue weighted by Crippen LogP contribution is 2.34. The second-order valence-corrected chi connectivity index (χ2v) is 9.96. The molecule has 0 radical (unpaired) electrons. The molecule has 0 aliphatic carbocycles. The Morgan fingerprint density at radius 1 is 0.778 bits per heavy atom. The van der Waals surface area contributed by atoms with Gasteiger partial charge in [-0.25, -0.2) is 9.78 Å². The molecule has 12 nitrogen and oxygen atoms in total. The third kappa shape index (κ3) is 6.81. The van der Waals surface area contributed by atoms with Gasteiger partial charge in [0.25, 0.3) is 5.88 Å². The topological polar surface area (TPSA) is 176 Å². The number of benzene rings is 4. The number of imidazole rings is 1. The van der Waals surface area contributed by atoms with Gasteiger partial charge in [0, 0.05) is 23.4 Å². The number of aryl methyl sites for hydroxylation is 1. The normalized spacial score (nSPS) is 10.8. The van der Waals surface area contributed by atoms with Gasteiger partial charge in [0.2, 0.25) is 0 Å². The number of fused-ring (bicyclic) bond motifs is 1. The average Bonchev–Trinajstić information content (AvgIpc) is 3.32. The molecule has 0 bridgehead atoms. The number of rotatable bonds is 10. The van der Waals surface area contributed by atoms with E-state index in [0.29, 0.717) is 57.8 Å². The molecule has 0 atom stereocenters. The number of para-hydroxylation sites is 1. The Morgan fingerprint density at radius 3 is 2.18 bits per heavy atom. The second kappa shape index (κ2) is 12.4. The molecule has 224 valence electrons. The van der Waals surface area contributed by atoms with Crippen molar-refractivity contribution in [3.63, 3.8) is 0 Å². The molecule has 12 heteroatoms. The SMILES string of the molecule is Cc1nc2c(Oc3cc(Oc4ccccc4)cc(C(=N)N)c3)nc(Oc3cccc(NC(N)=O)c3)nc2n1Cc1ccccc1. The molecule has 0 aliphatic heterocycles. The van der Waals surface area contributed by atoms with Crippen molar-refractivity contribution in [3.05, 3.63) is 120 Å². The van der Waals surface area contributed by atoms with E-state index in [0.717, 1.165) is 5.56 Å². The molecule has 0 fully saturated rings. The molecule has 0 aliphatic rings. The summed E-state index contributed by atoms with van der Waals surface area (Å²) < 4.78 is 20.3. The van der Waals surface area contributed by atoms with Crippen LogP contribution in [0, 0.1) is 12.3 Å². The lowest BCUT2D eigenvalue weighted by atomic mass is 10.2. The van der Waals surface area contributed by atoms with Gasteiger partial charge < -0.3 is 35.6 Å². The van der Waals surface area contributed by atoms with Crippen LogP contribution < -0.4 is 31.0 Å². The quantitative estimate of drug-likeness (QED) is 0.104. The number of amides is 2. The van der Waals surface area contributed by atoms with Crippen LogP contribution in [-0.2, 0) is 6.54 Å². The highest BCUT2D eigenvalue weighted by atomic mass is 16.5. The number of aromatic nitrogens is 4. The van der Waals surface area contributed by atoms with Gasteiger partial charge in [0.05, 0.1) is 6.54 Å². The van der Waals surface area contributed by atoms with E-state index in [1.54, 1.807) is 42.5 Å². The third-order valence-electron chi connectivity index (χ3n) is 6.61. The van der Waals surface area contributed by atoms with Gasteiger partial charge in [-0.1, -0.05) is 54.6 Å². The molecule has 6 N–H and O–H groups in total. The Bertz CT molecular complexity index is 2010. The number of nitrogens with two attached hydrogens (primary N) is 2. The minimum Gasteiger partial charge on any atom is -0.457 e. The van der Waals surface area contributed by atoms with E-state index in [-0.39, 0.29) is 17.7 Å². The van der Waals surface area contributed by atoms with Crippen LogP contribution in [0.4, 0.5) is 10.5 Å². The van der Waals surface area contributed by atoms with Crippen LogP contribution >= 0.6 is 0 Å². The first-order chi connectivity index (χ1) is 21.8. The zero-order chi connectivity index (χ0) is 31.3. The van der Waals surface area contributed by atoms with E-state index in [1.807, 2.05) is 72.2 Å². The number of hydrogen-bond acceptors (Lipinski definition) is 8. The highest BCUT2D eigenvalue weighted by molar-refractivity contribution is 5.95. The van der Waals surface area contributed by atoms with E-state index >= 15 is 0 Å². The minimum absolute atomic E-state index is 0.0218. The molecule has 2 aromatic heterocycles. The summed E-state index contributed by atoms with van der Waals surface area (Å²) in [6.07, 6.45) is 0. The lowest BCUT2D eigenvalue weighted by Crippen LogP contribution is -2.19. The van der Waals surface area contributed by atoms with Crippen LogP contribution in [0.15, 0.2) is 103 Å². The van der Waals surface area contributed by atoms with Crippen molar-refractivity contribution in [2.45, 2.75) is 13.5 Å². The molecular formula is C33H28N8O4. The fraction of sp³-hybridized carbons (Fsp3) is 0.0606. The molecule has 0 unspecified atom stereocenters. The molecule has 45 heavy (non-hydrogen) atoms. The van der Waals surface area contributed by atoms with Gasteiger partial charge in [0.1, 0.15) is 34.7 Å². The van der Waals surface area contributed by atoms with Gasteiger partial charge in [-0.3, -0.25) is 5.41 Å². The number of anilines is 1. The lowest BCUT2D eigenvalue weighted by Gasteiger charge is -2.13. The third-order valence-corrected chi connectivity index (χ3v) is 6.61. The molecule has 2 amide bonds. The molecule has 4 aromatic carbocycles. The maximum absolute atomic E-state index is 11.4. The fourth-order valence-corrected chi connectivity index (χ4v) is 4.60. The number of urea groups is 1. The number of nitrogens with zero attached hydrogens (tertiary/aromatic N) is 4. The van der Waals surface area contributed by atoms with Gasteiger partial charge in [-0.2, -0.15) is 9.97 Å². The summed E-state index contributed by atoms with van der Waals surface area (Å²) in [4.78, 5) is 25.4. The Kier molecular flexibility index (Phi) is 7.92. The van der Waals surface area contributed by atoms with Crippen LogP contribution in [0.1, 0.15) is 17.0 Å². The lowest BCUT2D eigenvalue weighted by molar-refractivity contribution is 0.259. The largest absolute Gasteiger partial charge is 0.457 e. The summed E-state index contributed by atoms with van der Waals surface area (Å²) >= 11 is 0. The number of primary amides is 1. The van der Waals surface area contributed by atoms with Crippen molar-refractivity contribution < 1.29 is 19.0 Å². The molecule has 0 saturated carbocycles. The van der Waals surface area contributed by atoms with Crippen LogP contribution in [0.3, 0.4) is 0 Å². The summed E-state index contributed by atoms with van der Waals surface area (Å²) in [5.74, 6) is 2.31. The van der Waals surface area contributed by atoms with Crippen molar-refractivity contribution >= 4 is 28.7 Å². The molecule has 0 saturated heterocycles. The smallest absolute Gasteiger partial charge is 0.327 e. The Balaban J connectivity index is 1.43. The Morgan fingerprint density at radius 2 is 1.47 bits per heavy atom.